The number of hydrazine groups is 1. The van der Waals surface area contributed by atoms with E-state index in [1.54, 1.807) is 0 Å². The fourth-order valence-corrected chi connectivity index (χ4v) is 3.17. The molecule has 0 spiro atoms. The molecule has 0 saturated carbocycles. The highest BCUT2D eigenvalue weighted by Crippen LogP contribution is 2.38. The van der Waals surface area contributed by atoms with E-state index >= 15 is 0 Å². The molecule has 3 amide bonds. The van der Waals surface area contributed by atoms with Gasteiger partial charge in [0.15, 0.2) is 11.5 Å². The topological polar surface area (TPSA) is 145 Å². The number of halogens is 1. The number of nitrogens with one attached hydrogen (secondary N) is 2. The van der Waals surface area contributed by atoms with Gasteiger partial charge in [-0.25, -0.2) is 4.39 Å². The van der Waals surface area contributed by atoms with Gasteiger partial charge in [0.2, 0.25) is 11.7 Å². The first-order chi connectivity index (χ1) is 15.8. The van der Waals surface area contributed by atoms with Crippen molar-refractivity contribution in [2.45, 2.75) is 12.5 Å². The van der Waals surface area contributed by atoms with Gasteiger partial charge >= 0.3 is 0 Å². The number of hydrogen-bond donors (Lipinski definition) is 3. The first-order valence-electron chi connectivity index (χ1n) is 9.61. The number of anilines is 1. The number of rotatable bonds is 7. The molecular formula is C21H22FN5O6. The normalized spacial score (nSPS) is 14.8. The largest absolute Gasteiger partial charge is 0.493 e. The van der Waals surface area contributed by atoms with E-state index in [0.717, 1.165) is 0 Å². The van der Waals surface area contributed by atoms with E-state index in [1.165, 1.54) is 62.7 Å². The van der Waals surface area contributed by atoms with Crippen molar-refractivity contribution in [3.05, 3.63) is 47.8 Å². The molecule has 0 fully saturated rings. The third-order valence-electron chi connectivity index (χ3n) is 4.81. The third kappa shape index (κ3) is 4.95. The second-order valence-electron chi connectivity index (χ2n) is 6.81. The molecule has 2 aromatic rings. The smallest absolute Gasteiger partial charge is 0.285 e. The fraction of sp³-hybridized carbons (Fsp3) is 0.238. The minimum Gasteiger partial charge on any atom is -0.493 e. The quantitative estimate of drug-likeness (QED) is 0.518. The Balaban J connectivity index is 1.74. The van der Waals surface area contributed by atoms with Crippen LogP contribution in [0.1, 0.15) is 16.8 Å². The van der Waals surface area contributed by atoms with Crippen LogP contribution in [0.4, 0.5) is 10.1 Å². The van der Waals surface area contributed by atoms with Gasteiger partial charge in [-0.2, -0.15) is 5.10 Å². The molecule has 1 aliphatic rings. The van der Waals surface area contributed by atoms with E-state index < -0.39 is 29.6 Å². The zero-order valence-corrected chi connectivity index (χ0v) is 18.0. The first kappa shape index (κ1) is 23.3. The van der Waals surface area contributed by atoms with Crippen molar-refractivity contribution in [1.29, 1.82) is 0 Å². The summed E-state index contributed by atoms with van der Waals surface area (Å²) in [5.74, 6) is -1.77. The lowest BCUT2D eigenvalue weighted by atomic mass is 10.1. The molecule has 0 aliphatic carbocycles. The molecule has 1 heterocycles. The number of methoxy groups -OCH3 is 3. The molecule has 3 rings (SSSR count). The average molecular weight is 459 g/mol. The molecule has 174 valence electrons. The van der Waals surface area contributed by atoms with Crippen LogP contribution in [0, 0.1) is 5.82 Å². The maximum atomic E-state index is 13.2. The number of hydrogen-bond acceptors (Lipinski definition) is 8. The molecule has 11 nitrogen and oxygen atoms in total. The predicted molar refractivity (Wildman–Crippen MR) is 116 cm³/mol. The highest BCUT2D eigenvalue weighted by atomic mass is 19.1. The highest BCUT2D eigenvalue weighted by molar-refractivity contribution is 6.40. The summed E-state index contributed by atoms with van der Waals surface area (Å²) in [6.45, 7) is 0. The summed E-state index contributed by atoms with van der Waals surface area (Å²) >= 11 is 0. The zero-order chi connectivity index (χ0) is 24.1. The summed E-state index contributed by atoms with van der Waals surface area (Å²) in [6.07, 6.45) is -0.0986. The fourth-order valence-electron chi connectivity index (χ4n) is 3.17. The second kappa shape index (κ2) is 9.85. The van der Waals surface area contributed by atoms with Gasteiger partial charge in [-0.3, -0.25) is 30.2 Å². The maximum Gasteiger partial charge on any atom is 0.285 e. The lowest BCUT2D eigenvalue weighted by Gasteiger charge is -2.20. The van der Waals surface area contributed by atoms with Crippen LogP contribution in [-0.2, 0) is 9.59 Å². The Morgan fingerprint density at radius 1 is 1.00 bits per heavy atom. The Bertz CT molecular complexity index is 1080. The minimum atomic E-state index is -0.943. The Morgan fingerprint density at radius 2 is 1.58 bits per heavy atom. The van der Waals surface area contributed by atoms with Gasteiger partial charge in [0.1, 0.15) is 17.6 Å². The molecule has 1 aliphatic heterocycles. The summed E-state index contributed by atoms with van der Waals surface area (Å²) in [5, 5.41) is 5.36. The molecule has 0 bridgehead atoms. The van der Waals surface area contributed by atoms with Crippen LogP contribution in [0.3, 0.4) is 0 Å². The number of nitrogens with two attached hydrogens (primary N) is 1. The molecule has 0 aromatic heterocycles. The van der Waals surface area contributed by atoms with E-state index in [4.69, 9.17) is 19.9 Å². The van der Waals surface area contributed by atoms with Crippen LogP contribution in [-0.4, -0.2) is 50.8 Å². The molecule has 2 aromatic carbocycles. The lowest BCUT2D eigenvalue weighted by Crippen LogP contribution is -2.45. The molecule has 12 heteroatoms. The van der Waals surface area contributed by atoms with E-state index in [9.17, 15) is 18.8 Å². The van der Waals surface area contributed by atoms with Crippen molar-refractivity contribution in [2.75, 3.05) is 26.3 Å². The standard InChI is InChI=1S/C21H22FN5O6/c1-31-16-8-11(9-17(32-2)18(16)33-3)20(29)24-25-21(30)14-10-15(19(23)28)27(26-14)13-6-4-12(22)5-7-13/h4-9,15H,10H2,1-3H3,(H2,23,28)(H,24,29)(H,25,30). The first-order valence-corrected chi connectivity index (χ1v) is 9.61. The minimum absolute atomic E-state index is 0.0479. The van der Waals surface area contributed by atoms with Crippen molar-refractivity contribution in [3.8, 4) is 17.2 Å². The monoisotopic (exact) mass is 459 g/mol. The molecule has 0 saturated heterocycles. The second-order valence-corrected chi connectivity index (χ2v) is 6.81. The number of nitrogens with zero attached hydrogens (tertiary/aromatic N) is 2. The number of ether oxygens (including phenoxy) is 3. The molecule has 0 radical (unpaired) electrons. The summed E-state index contributed by atoms with van der Waals surface area (Å²) in [7, 11) is 4.24. The third-order valence-corrected chi connectivity index (χ3v) is 4.81. The Labute approximate surface area is 188 Å². The van der Waals surface area contributed by atoms with Crippen LogP contribution >= 0.6 is 0 Å². The number of hydrazone groups is 1. The molecular weight excluding hydrogens is 437 g/mol. The van der Waals surface area contributed by atoms with Crippen LogP contribution in [0.5, 0.6) is 17.2 Å². The van der Waals surface area contributed by atoms with E-state index in [-0.39, 0.29) is 29.2 Å². The van der Waals surface area contributed by atoms with Gasteiger partial charge in [0, 0.05) is 12.0 Å². The van der Waals surface area contributed by atoms with Gasteiger partial charge in [-0.05, 0) is 36.4 Å². The average Bonchev–Trinajstić information content (AvgIpc) is 3.27. The number of benzene rings is 2. The molecule has 1 atom stereocenters. The molecule has 4 N–H and O–H groups in total. The van der Waals surface area contributed by atoms with E-state index in [1.807, 2.05) is 0 Å². The van der Waals surface area contributed by atoms with Crippen LogP contribution in [0.15, 0.2) is 41.5 Å². The lowest BCUT2D eigenvalue weighted by molar-refractivity contribution is -0.119. The van der Waals surface area contributed by atoms with Crippen molar-refractivity contribution in [1.82, 2.24) is 10.9 Å². The summed E-state index contributed by atoms with van der Waals surface area (Å²) < 4.78 is 28.8. The predicted octanol–water partition coefficient (Wildman–Crippen LogP) is 0.733. The van der Waals surface area contributed by atoms with Gasteiger partial charge < -0.3 is 19.9 Å². The van der Waals surface area contributed by atoms with E-state index in [2.05, 4.69) is 16.0 Å². The van der Waals surface area contributed by atoms with Crippen molar-refractivity contribution in [2.24, 2.45) is 10.8 Å². The van der Waals surface area contributed by atoms with Gasteiger partial charge in [-0.15, -0.1) is 0 Å². The summed E-state index contributed by atoms with van der Waals surface area (Å²) in [5.41, 5.74) is 10.4. The van der Waals surface area contributed by atoms with Crippen molar-refractivity contribution in [3.63, 3.8) is 0 Å². The van der Waals surface area contributed by atoms with Crippen LogP contribution in [0.25, 0.3) is 0 Å². The number of carbonyl (C=O) groups excluding carboxylic acids is 3. The zero-order valence-electron chi connectivity index (χ0n) is 18.0. The summed E-state index contributed by atoms with van der Waals surface area (Å²) in [6, 6.07) is 7.08. The molecule has 33 heavy (non-hydrogen) atoms. The van der Waals surface area contributed by atoms with Crippen molar-refractivity contribution >= 4 is 29.1 Å². The van der Waals surface area contributed by atoms with E-state index in [0.29, 0.717) is 11.4 Å². The van der Waals surface area contributed by atoms with Crippen molar-refractivity contribution < 1.29 is 33.0 Å². The highest BCUT2D eigenvalue weighted by Gasteiger charge is 2.35. The van der Waals surface area contributed by atoms with Gasteiger partial charge in [0.25, 0.3) is 11.8 Å². The Morgan fingerprint density at radius 3 is 2.09 bits per heavy atom. The van der Waals surface area contributed by atoms with Crippen LogP contribution in [0.2, 0.25) is 0 Å². The van der Waals surface area contributed by atoms with Gasteiger partial charge in [0.05, 0.1) is 27.0 Å². The summed E-state index contributed by atoms with van der Waals surface area (Å²) in [4.78, 5) is 37.0. The van der Waals surface area contributed by atoms with Gasteiger partial charge in [-0.1, -0.05) is 0 Å². The number of amides is 3. The number of primary amides is 1. The molecule has 1 unspecified atom stereocenters. The number of carbonyl (C=O) groups is 3. The van der Waals surface area contributed by atoms with Crippen LogP contribution < -0.4 is 35.8 Å². The SMILES string of the molecule is COc1cc(C(=O)NNC(=O)C2=NN(c3ccc(F)cc3)C(C(N)=O)C2)cc(OC)c1OC. The Hall–Kier alpha value is -4.35. The maximum absolute atomic E-state index is 13.2. The Kier molecular flexibility index (Phi) is 6.96.